The number of halogens is 2. The van der Waals surface area contributed by atoms with Gasteiger partial charge in [-0.3, -0.25) is 19.8 Å². The number of nitrogens with zero attached hydrogens (tertiary/aromatic N) is 3. The van der Waals surface area contributed by atoms with Gasteiger partial charge < -0.3 is 9.80 Å². The van der Waals surface area contributed by atoms with Crippen molar-refractivity contribution in [1.82, 2.24) is 20.0 Å². The normalized spacial score (nSPS) is 30.7. The second-order valence-corrected chi connectivity index (χ2v) is 9.42. The first-order chi connectivity index (χ1) is 14.3. The summed E-state index contributed by atoms with van der Waals surface area (Å²) in [6, 6.07) is 7.38. The van der Waals surface area contributed by atoms with Crippen LogP contribution in [0.4, 0.5) is 4.39 Å². The second kappa shape index (κ2) is 8.44. The van der Waals surface area contributed by atoms with Gasteiger partial charge in [-0.1, -0.05) is 23.7 Å². The predicted octanol–water partition coefficient (Wildman–Crippen LogP) is 2.41. The Bertz CT molecular complexity index is 797. The maximum absolute atomic E-state index is 13.7. The quantitative estimate of drug-likeness (QED) is 0.787. The topological polar surface area (TPSA) is 55.9 Å². The standard InChI is InChI=1S/C22H30ClFN4O2/c1-15(2)27-13-20(29)28(12-16-3-5-17(23)6-4-16)22(21(27)30)9-10-26(14-22)19-8-7-18(24)11-25-19/h3-6,15,18-19,25H,7-14H2,1-2H3. The summed E-state index contributed by atoms with van der Waals surface area (Å²) < 4.78 is 13.6. The molecule has 0 radical (unpaired) electrons. The number of hydrogen-bond donors (Lipinski definition) is 1. The van der Waals surface area contributed by atoms with Gasteiger partial charge in [0.1, 0.15) is 18.3 Å². The van der Waals surface area contributed by atoms with Crippen LogP contribution in [0.3, 0.4) is 0 Å². The third-order valence-electron chi connectivity index (χ3n) is 6.71. The molecule has 3 atom stereocenters. The summed E-state index contributed by atoms with van der Waals surface area (Å²) in [4.78, 5) is 32.6. The number of rotatable bonds is 4. The number of carbonyl (C=O) groups is 2. The van der Waals surface area contributed by atoms with Crippen LogP contribution in [0, 0.1) is 0 Å². The first-order valence-electron chi connectivity index (χ1n) is 10.8. The van der Waals surface area contributed by atoms with Crippen molar-refractivity contribution in [2.24, 2.45) is 0 Å². The van der Waals surface area contributed by atoms with Crippen LogP contribution >= 0.6 is 11.6 Å². The summed E-state index contributed by atoms with van der Waals surface area (Å²) >= 11 is 6.01. The van der Waals surface area contributed by atoms with Gasteiger partial charge in [-0.2, -0.15) is 0 Å². The molecule has 3 heterocycles. The van der Waals surface area contributed by atoms with Gasteiger partial charge in [-0.15, -0.1) is 0 Å². The van der Waals surface area contributed by atoms with Crippen LogP contribution < -0.4 is 5.32 Å². The number of likely N-dealkylation sites (tertiary alicyclic amines) is 1. The molecule has 30 heavy (non-hydrogen) atoms. The second-order valence-electron chi connectivity index (χ2n) is 8.98. The molecule has 0 aliphatic carbocycles. The van der Waals surface area contributed by atoms with E-state index in [-0.39, 0.29) is 30.6 Å². The molecule has 0 bridgehead atoms. The number of amides is 2. The molecule has 1 aromatic rings. The number of piperidine rings is 1. The van der Waals surface area contributed by atoms with Gasteiger partial charge in [0.25, 0.3) is 5.91 Å². The highest BCUT2D eigenvalue weighted by Crippen LogP contribution is 2.37. The van der Waals surface area contributed by atoms with E-state index in [1.807, 2.05) is 26.0 Å². The average Bonchev–Trinajstić information content (AvgIpc) is 3.16. The molecule has 8 heteroatoms. The van der Waals surface area contributed by atoms with Crippen molar-refractivity contribution in [3.63, 3.8) is 0 Å². The zero-order valence-corrected chi connectivity index (χ0v) is 18.4. The molecule has 1 N–H and O–H groups in total. The van der Waals surface area contributed by atoms with Gasteiger partial charge in [0.15, 0.2) is 0 Å². The lowest BCUT2D eigenvalue weighted by molar-refractivity contribution is -0.167. The average molecular weight is 437 g/mol. The molecule has 0 aromatic heterocycles. The maximum atomic E-state index is 13.7. The Balaban J connectivity index is 1.61. The Hall–Kier alpha value is -1.70. The summed E-state index contributed by atoms with van der Waals surface area (Å²) in [5.41, 5.74) is 0.0699. The smallest absolute Gasteiger partial charge is 0.250 e. The Morgan fingerprint density at radius 3 is 2.60 bits per heavy atom. The van der Waals surface area contributed by atoms with Crippen molar-refractivity contribution < 1.29 is 14.0 Å². The zero-order valence-electron chi connectivity index (χ0n) is 17.6. The number of alkyl halides is 1. The van der Waals surface area contributed by atoms with E-state index in [4.69, 9.17) is 11.6 Å². The van der Waals surface area contributed by atoms with Gasteiger partial charge in [-0.05, 0) is 50.8 Å². The summed E-state index contributed by atoms with van der Waals surface area (Å²) in [6.07, 6.45) is 1.07. The van der Waals surface area contributed by atoms with Crippen molar-refractivity contribution >= 4 is 23.4 Å². The third-order valence-corrected chi connectivity index (χ3v) is 6.96. The van der Waals surface area contributed by atoms with E-state index in [1.165, 1.54) is 0 Å². The van der Waals surface area contributed by atoms with Gasteiger partial charge >= 0.3 is 0 Å². The van der Waals surface area contributed by atoms with Gasteiger partial charge in [0.05, 0.1) is 6.17 Å². The van der Waals surface area contributed by atoms with E-state index in [0.717, 1.165) is 5.56 Å². The number of hydrogen-bond acceptors (Lipinski definition) is 4. The maximum Gasteiger partial charge on any atom is 0.250 e. The molecule has 164 valence electrons. The third kappa shape index (κ3) is 3.95. The fourth-order valence-electron chi connectivity index (χ4n) is 4.96. The fourth-order valence-corrected chi connectivity index (χ4v) is 5.08. The van der Waals surface area contributed by atoms with E-state index in [0.29, 0.717) is 50.5 Å². The molecule has 4 rings (SSSR count). The predicted molar refractivity (Wildman–Crippen MR) is 114 cm³/mol. The highest BCUT2D eigenvalue weighted by Gasteiger charge is 2.57. The van der Waals surface area contributed by atoms with Crippen LogP contribution in [0.2, 0.25) is 5.02 Å². The van der Waals surface area contributed by atoms with Crippen LogP contribution in [0.15, 0.2) is 24.3 Å². The summed E-state index contributed by atoms with van der Waals surface area (Å²) in [6.45, 7) is 5.91. The van der Waals surface area contributed by atoms with E-state index in [2.05, 4.69) is 10.2 Å². The number of nitrogens with one attached hydrogen (secondary N) is 1. The highest BCUT2D eigenvalue weighted by atomic mass is 35.5. The van der Waals surface area contributed by atoms with Crippen LogP contribution in [0.5, 0.6) is 0 Å². The van der Waals surface area contributed by atoms with Crippen LogP contribution in [-0.2, 0) is 16.1 Å². The lowest BCUT2D eigenvalue weighted by atomic mass is 9.89. The lowest BCUT2D eigenvalue weighted by Crippen LogP contribution is -2.70. The van der Waals surface area contributed by atoms with Gasteiger partial charge in [-0.25, -0.2) is 4.39 Å². The summed E-state index contributed by atoms with van der Waals surface area (Å²) in [7, 11) is 0. The molecule has 0 saturated carbocycles. The minimum atomic E-state index is -0.881. The molecule has 3 unspecified atom stereocenters. The minimum Gasteiger partial charge on any atom is -0.329 e. The molecule has 3 aliphatic heterocycles. The van der Waals surface area contributed by atoms with E-state index < -0.39 is 11.7 Å². The Labute approximate surface area is 182 Å². The van der Waals surface area contributed by atoms with Crippen molar-refractivity contribution in [2.75, 3.05) is 26.2 Å². The number of carbonyl (C=O) groups excluding carboxylic acids is 2. The molecule has 6 nitrogen and oxygen atoms in total. The summed E-state index contributed by atoms with van der Waals surface area (Å²) in [5.74, 6) is -0.00623. The first-order valence-corrected chi connectivity index (χ1v) is 11.2. The first kappa shape index (κ1) is 21.5. The Morgan fingerprint density at radius 1 is 1.23 bits per heavy atom. The van der Waals surface area contributed by atoms with Crippen LogP contribution in [0.1, 0.15) is 38.7 Å². The van der Waals surface area contributed by atoms with Gasteiger partial charge in [0.2, 0.25) is 5.91 Å². The molecule has 2 amide bonds. The Kier molecular flexibility index (Phi) is 6.06. The Morgan fingerprint density at radius 2 is 1.97 bits per heavy atom. The number of piperazine rings is 1. The van der Waals surface area contributed by atoms with E-state index in [9.17, 15) is 14.0 Å². The molecule has 3 aliphatic rings. The largest absolute Gasteiger partial charge is 0.329 e. The van der Waals surface area contributed by atoms with Crippen molar-refractivity contribution in [3.8, 4) is 0 Å². The minimum absolute atomic E-state index is 0.0211. The van der Waals surface area contributed by atoms with E-state index >= 15 is 0 Å². The zero-order chi connectivity index (χ0) is 21.5. The molecule has 1 aromatic carbocycles. The van der Waals surface area contributed by atoms with Crippen molar-refractivity contribution in [1.29, 1.82) is 0 Å². The molecule has 3 fully saturated rings. The molecular formula is C22H30ClFN4O2. The van der Waals surface area contributed by atoms with E-state index in [1.54, 1.807) is 21.9 Å². The molecule has 1 spiro atoms. The number of benzene rings is 1. The molecular weight excluding hydrogens is 407 g/mol. The lowest BCUT2D eigenvalue weighted by Gasteiger charge is -2.49. The monoisotopic (exact) mass is 436 g/mol. The van der Waals surface area contributed by atoms with Crippen LogP contribution in [0.25, 0.3) is 0 Å². The van der Waals surface area contributed by atoms with Gasteiger partial charge in [0, 0.05) is 37.2 Å². The van der Waals surface area contributed by atoms with Crippen LogP contribution in [-0.4, -0.2) is 76.6 Å². The molecule has 3 saturated heterocycles. The fraction of sp³-hybridized carbons (Fsp3) is 0.636. The highest BCUT2D eigenvalue weighted by molar-refractivity contribution is 6.30. The van der Waals surface area contributed by atoms with Crippen molar-refractivity contribution in [2.45, 2.75) is 63.6 Å². The SMILES string of the molecule is CC(C)N1CC(=O)N(Cc2ccc(Cl)cc2)C2(CCN(C3CCC(F)CN3)C2)C1=O. The summed E-state index contributed by atoms with van der Waals surface area (Å²) in [5, 5.41) is 3.91. The van der Waals surface area contributed by atoms with Crippen molar-refractivity contribution in [3.05, 3.63) is 34.9 Å².